The Bertz CT molecular complexity index is 244. The molecule has 0 rings (SSSR count). The first-order valence-corrected chi connectivity index (χ1v) is 9.70. The van der Waals surface area contributed by atoms with Gasteiger partial charge >= 0.3 is 8.80 Å². The molecule has 0 atom stereocenters. The fourth-order valence-electron chi connectivity index (χ4n) is 2.34. The molecule has 0 aromatic carbocycles. The van der Waals surface area contributed by atoms with Crippen LogP contribution in [0.3, 0.4) is 0 Å². The highest BCUT2D eigenvalue weighted by Crippen LogP contribution is 2.18. The number of rotatable bonds is 14. The molecule has 5 heteroatoms. The fraction of sp³-hybridized carbons (Fsp3) is 0.933. The third-order valence-electron chi connectivity index (χ3n) is 3.70. The van der Waals surface area contributed by atoms with Crippen LogP contribution in [0.15, 0.2) is 0 Å². The first-order valence-electron chi connectivity index (χ1n) is 7.77. The summed E-state index contributed by atoms with van der Waals surface area (Å²) in [6.07, 6.45) is 11.8. The predicted octanol–water partition coefficient (Wildman–Crippen LogP) is 4.29. The molecule has 0 unspecified atom stereocenters. The average molecular weight is 302 g/mol. The van der Waals surface area contributed by atoms with E-state index >= 15 is 0 Å². The molecule has 0 amide bonds. The highest BCUT2D eigenvalue weighted by molar-refractivity contribution is 6.60. The van der Waals surface area contributed by atoms with Crippen LogP contribution in [-0.4, -0.2) is 30.1 Å². The molecule has 0 saturated heterocycles. The summed E-state index contributed by atoms with van der Waals surface area (Å²) in [5.41, 5.74) is 0. The molecule has 0 spiro atoms. The summed E-state index contributed by atoms with van der Waals surface area (Å²) in [5, 5.41) is 8.43. The number of unbranched alkanes of at least 4 members (excludes halogenated alkanes) is 9. The minimum absolute atomic E-state index is 0.712. The van der Waals surface area contributed by atoms with E-state index in [1.807, 2.05) is 0 Å². The molecule has 0 aromatic heterocycles. The maximum Gasteiger partial charge on any atom is 0.500 e. The Hall–Kier alpha value is -0.413. The monoisotopic (exact) mass is 301 g/mol. The van der Waals surface area contributed by atoms with Gasteiger partial charge in [0.15, 0.2) is 0 Å². The van der Waals surface area contributed by atoms with Gasteiger partial charge in [-0.3, -0.25) is 0 Å². The van der Waals surface area contributed by atoms with Gasteiger partial charge in [-0.15, -0.1) is 0 Å². The van der Waals surface area contributed by atoms with Crippen LogP contribution in [0.1, 0.15) is 64.2 Å². The van der Waals surface area contributed by atoms with Crippen molar-refractivity contribution in [2.24, 2.45) is 0 Å². The molecule has 0 aliphatic carbocycles. The van der Waals surface area contributed by atoms with Crippen molar-refractivity contribution in [2.75, 3.05) is 21.3 Å². The molecule has 0 aliphatic rings. The van der Waals surface area contributed by atoms with Crippen molar-refractivity contribution in [3.8, 4) is 6.07 Å². The first-order chi connectivity index (χ1) is 9.74. The zero-order valence-electron chi connectivity index (χ0n) is 13.5. The molecular weight excluding hydrogens is 270 g/mol. The third kappa shape index (κ3) is 9.48. The Morgan fingerprint density at radius 1 is 0.700 bits per heavy atom. The topological polar surface area (TPSA) is 51.5 Å². The molecule has 0 aliphatic heterocycles. The predicted molar refractivity (Wildman–Crippen MR) is 83.4 cm³/mol. The molecule has 0 radical (unpaired) electrons. The number of hydrogen-bond acceptors (Lipinski definition) is 4. The van der Waals surface area contributed by atoms with E-state index in [1.54, 1.807) is 21.3 Å². The van der Waals surface area contributed by atoms with Gasteiger partial charge in [-0.25, -0.2) is 0 Å². The normalized spacial score (nSPS) is 11.5. The minimum atomic E-state index is -2.34. The lowest BCUT2D eigenvalue weighted by atomic mass is 10.1. The van der Waals surface area contributed by atoms with Crippen LogP contribution in [0.25, 0.3) is 0 Å². The van der Waals surface area contributed by atoms with E-state index in [-0.39, 0.29) is 0 Å². The van der Waals surface area contributed by atoms with Crippen molar-refractivity contribution in [1.82, 2.24) is 0 Å². The molecule has 20 heavy (non-hydrogen) atoms. The second-order valence-corrected chi connectivity index (χ2v) is 8.23. The standard InChI is InChI=1S/C15H31NO3Si/c1-17-20(18-2,19-3)15-13-11-9-7-5-4-6-8-10-12-14-16/h4-13,15H2,1-3H3. The minimum Gasteiger partial charge on any atom is -0.377 e. The van der Waals surface area contributed by atoms with E-state index in [0.717, 1.165) is 18.9 Å². The number of nitrogens with zero attached hydrogens (tertiary/aromatic N) is 1. The van der Waals surface area contributed by atoms with Crippen LogP contribution in [-0.2, 0) is 13.3 Å². The quantitative estimate of drug-likeness (QED) is 0.355. The molecule has 0 saturated carbocycles. The fourth-order valence-corrected chi connectivity index (χ4v) is 4.13. The van der Waals surface area contributed by atoms with Gasteiger partial charge in [-0.05, 0) is 12.8 Å². The van der Waals surface area contributed by atoms with Gasteiger partial charge < -0.3 is 13.3 Å². The zero-order chi connectivity index (χ0) is 15.1. The second-order valence-electron chi connectivity index (χ2n) is 5.14. The SMILES string of the molecule is CO[Si](CCCCCCCCCCCC#N)(OC)OC. The Labute approximate surface area is 125 Å². The van der Waals surface area contributed by atoms with E-state index in [9.17, 15) is 0 Å². The summed E-state index contributed by atoms with van der Waals surface area (Å²) < 4.78 is 16.2. The lowest BCUT2D eigenvalue weighted by Gasteiger charge is -2.24. The van der Waals surface area contributed by atoms with Crippen LogP contribution < -0.4 is 0 Å². The average Bonchev–Trinajstić information content (AvgIpc) is 2.49. The van der Waals surface area contributed by atoms with Crippen molar-refractivity contribution in [1.29, 1.82) is 5.26 Å². The molecule has 118 valence electrons. The van der Waals surface area contributed by atoms with Gasteiger partial charge in [-0.2, -0.15) is 5.26 Å². The molecular formula is C15H31NO3Si. The summed E-state index contributed by atoms with van der Waals surface area (Å²) in [4.78, 5) is 0. The van der Waals surface area contributed by atoms with Gasteiger partial charge in [0.25, 0.3) is 0 Å². The molecule has 0 aromatic rings. The maximum atomic E-state index is 8.43. The lowest BCUT2D eigenvalue weighted by Crippen LogP contribution is -2.42. The van der Waals surface area contributed by atoms with Gasteiger partial charge in [0.05, 0.1) is 6.07 Å². The molecule has 0 fully saturated rings. The van der Waals surface area contributed by atoms with Crippen LogP contribution >= 0.6 is 0 Å². The highest BCUT2D eigenvalue weighted by atomic mass is 28.4. The summed E-state index contributed by atoms with van der Waals surface area (Å²) in [5.74, 6) is 0. The van der Waals surface area contributed by atoms with Crippen molar-refractivity contribution < 1.29 is 13.3 Å². The van der Waals surface area contributed by atoms with Crippen LogP contribution in [0.2, 0.25) is 6.04 Å². The first kappa shape index (κ1) is 19.6. The summed E-state index contributed by atoms with van der Waals surface area (Å²) >= 11 is 0. The van der Waals surface area contributed by atoms with Gasteiger partial charge in [0, 0.05) is 33.8 Å². The maximum absolute atomic E-state index is 8.43. The Kier molecular flexibility index (Phi) is 13.3. The van der Waals surface area contributed by atoms with Crippen LogP contribution in [0, 0.1) is 11.3 Å². The van der Waals surface area contributed by atoms with Crippen LogP contribution in [0.5, 0.6) is 0 Å². The van der Waals surface area contributed by atoms with E-state index in [2.05, 4.69) is 6.07 Å². The van der Waals surface area contributed by atoms with Gasteiger partial charge in [-0.1, -0.05) is 44.9 Å². The Morgan fingerprint density at radius 3 is 1.50 bits per heavy atom. The summed E-state index contributed by atoms with van der Waals surface area (Å²) in [6, 6.07) is 3.10. The largest absolute Gasteiger partial charge is 0.500 e. The third-order valence-corrected chi connectivity index (χ3v) is 6.54. The highest BCUT2D eigenvalue weighted by Gasteiger charge is 2.36. The molecule has 0 N–H and O–H groups in total. The number of nitriles is 1. The second kappa shape index (κ2) is 13.6. The van der Waals surface area contributed by atoms with Crippen molar-refractivity contribution >= 4 is 8.80 Å². The Balaban J connectivity index is 3.34. The molecule has 0 bridgehead atoms. The van der Waals surface area contributed by atoms with Gasteiger partial charge in [0.2, 0.25) is 0 Å². The summed E-state index contributed by atoms with van der Waals surface area (Å²) in [7, 11) is 2.68. The summed E-state index contributed by atoms with van der Waals surface area (Å²) in [6.45, 7) is 0. The molecule has 0 heterocycles. The lowest BCUT2D eigenvalue weighted by molar-refractivity contribution is 0.122. The van der Waals surface area contributed by atoms with E-state index in [1.165, 1.54) is 44.9 Å². The molecule has 4 nitrogen and oxygen atoms in total. The van der Waals surface area contributed by atoms with Crippen molar-refractivity contribution in [3.63, 3.8) is 0 Å². The van der Waals surface area contributed by atoms with E-state index in [4.69, 9.17) is 18.5 Å². The smallest absolute Gasteiger partial charge is 0.377 e. The van der Waals surface area contributed by atoms with Crippen LogP contribution in [0.4, 0.5) is 0 Å². The van der Waals surface area contributed by atoms with E-state index in [0.29, 0.717) is 6.42 Å². The Morgan fingerprint density at radius 2 is 1.10 bits per heavy atom. The zero-order valence-corrected chi connectivity index (χ0v) is 14.5. The van der Waals surface area contributed by atoms with Gasteiger partial charge in [0.1, 0.15) is 0 Å². The van der Waals surface area contributed by atoms with Crippen molar-refractivity contribution in [3.05, 3.63) is 0 Å². The van der Waals surface area contributed by atoms with Crippen molar-refractivity contribution in [2.45, 2.75) is 70.3 Å². The number of hydrogen-bond donors (Lipinski definition) is 0. The van der Waals surface area contributed by atoms with E-state index < -0.39 is 8.80 Å².